The molecule has 0 amide bonds. The summed E-state index contributed by atoms with van der Waals surface area (Å²) in [5, 5.41) is 6.56. The van der Waals surface area contributed by atoms with Gasteiger partial charge < -0.3 is 15.5 Å². The summed E-state index contributed by atoms with van der Waals surface area (Å²) in [5.74, 6) is 2.37. The summed E-state index contributed by atoms with van der Waals surface area (Å²) in [6, 6.07) is 2.85. The van der Waals surface area contributed by atoms with Gasteiger partial charge in [-0.25, -0.2) is 4.98 Å². The lowest BCUT2D eigenvalue weighted by atomic mass is 9.91. The molecular weight excluding hydrogens is 358 g/mol. The lowest BCUT2D eigenvalue weighted by molar-refractivity contribution is 0.153. The van der Waals surface area contributed by atoms with Crippen LogP contribution in [0.5, 0.6) is 0 Å². The molecule has 1 aliphatic carbocycles. The van der Waals surface area contributed by atoms with Gasteiger partial charge in [-0.1, -0.05) is 18.9 Å². The van der Waals surface area contributed by atoms with Crippen LogP contribution in [0.25, 0.3) is 0 Å². The average molecular weight is 398 g/mol. The van der Waals surface area contributed by atoms with Crippen molar-refractivity contribution < 1.29 is 0 Å². The van der Waals surface area contributed by atoms with Gasteiger partial charge >= 0.3 is 0 Å². The summed E-state index contributed by atoms with van der Waals surface area (Å²) in [7, 11) is 1.89. The van der Waals surface area contributed by atoms with Gasteiger partial charge in [-0.3, -0.25) is 0 Å². The Morgan fingerprint density at radius 2 is 2.03 bits per heavy atom. The van der Waals surface area contributed by atoms with Crippen molar-refractivity contribution in [1.29, 1.82) is 0 Å². The van der Waals surface area contributed by atoms with Crippen LogP contribution in [0.3, 0.4) is 0 Å². The molecule has 5 heteroatoms. The molecule has 2 aliphatic rings. The molecule has 2 fully saturated rings. The van der Waals surface area contributed by atoms with Crippen molar-refractivity contribution in [2.75, 3.05) is 30.8 Å². The van der Waals surface area contributed by atoms with Crippen LogP contribution in [0.1, 0.15) is 71.4 Å². The molecule has 1 atom stereocenters. The zero-order chi connectivity index (χ0) is 20.8. The molecule has 29 heavy (non-hydrogen) atoms. The number of hydrogen-bond acceptors (Lipinski definition) is 5. The van der Waals surface area contributed by atoms with E-state index in [0.717, 1.165) is 36.3 Å². The maximum absolute atomic E-state index is 4.54. The highest BCUT2D eigenvalue weighted by atomic mass is 15.2. The van der Waals surface area contributed by atoms with Gasteiger partial charge in [0.25, 0.3) is 0 Å². The molecule has 160 valence electrons. The van der Waals surface area contributed by atoms with Crippen LogP contribution in [0.2, 0.25) is 0 Å². The fourth-order valence-electron chi connectivity index (χ4n) is 4.34. The number of nitrogens with zero attached hydrogens (tertiary/aromatic N) is 3. The highest BCUT2D eigenvalue weighted by molar-refractivity contribution is 5.45. The molecule has 1 saturated carbocycles. The number of anilines is 2. The summed E-state index contributed by atoms with van der Waals surface area (Å²) in [4.78, 5) is 11.8. The molecule has 1 aliphatic heterocycles. The Morgan fingerprint density at radius 3 is 2.66 bits per heavy atom. The second-order valence-corrected chi connectivity index (χ2v) is 8.91. The highest BCUT2D eigenvalue weighted by Gasteiger charge is 2.31. The smallest absolute Gasteiger partial charge is 0.229 e. The van der Waals surface area contributed by atoms with Gasteiger partial charge in [0, 0.05) is 37.1 Å². The molecule has 2 heterocycles. The third-order valence-electron chi connectivity index (χ3n) is 6.48. The van der Waals surface area contributed by atoms with Gasteiger partial charge in [-0.05, 0) is 83.4 Å². The molecule has 3 rings (SSSR count). The van der Waals surface area contributed by atoms with Crippen LogP contribution in [0, 0.1) is 12.8 Å². The predicted octanol–water partition coefficient (Wildman–Crippen LogP) is 5.52. The number of aromatic nitrogens is 2. The second kappa shape index (κ2) is 10.2. The van der Waals surface area contributed by atoms with Crippen LogP contribution in [0.15, 0.2) is 29.0 Å². The molecule has 2 N–H and O–H groups in total. The second-order valence-electron chi connectivity index (χ2n) is 8.91. The number of aryl methyl sites for hydroxylation is 1. The first kappa shape index (κ1) is 21.8. The van der Waals surface area contributed by atoms with Crippen LogP contribution in [-0.2, 0) is 0 Å². The van der Waals surface area contributed by atoms with Gasteiger partial charge in [-0.2, -0.15) is 4.98 Å². The molecule has 1 aromatic heterocycles. The van der Waals surface area contributed by atoms with Gasteiger partial charge in [0.15, 0.2) is 0 Å². The summed E-state index contributed by atoms with van der Waals surface area (Å²) < 4.78 is 0. The van der Waals surface area contributed by atoms with Crippen molar-refractivity contribution >= 4 is 11.8 Å². The molecule has 5 nitrogen and oxygen atoms in total. The van der Waals surface area contributed by atoms with E-state index in [9.17, 15) is 0 Å². The summed E-state index contributed by atoms with van der Waals surface area (Å²) in [6.07, 6.45) is 11.4. The van der Waals surface area contributed by atoms with E-state index in [1.807, 2.05) is 20.0 Å². The Kier molecular flexibility index (Phi) is 7.70. The number of hydrogen-bond donors (Lipinski definition) is 2. The van der Waals surface area contributed by atoms with Gasteiger partial charge in [-0.15, -0.1) is 0 Å². The maximum atomic E-state index is 4.54. The molecule has 1 aromatic rings. The van der Waals surface area contributed by atoms with Crippen molar-refractivity contribution in [1.82, 2.24) is 14.9 Å². The Hall–Kier alpha value is -1.88. The zero-order valence-electron chi connectivity index (χ0n) is 19.0. The molecule has 0 radical (unpaired) electrons. The van der Waals surface area contributed by atoms with E-state index in [1.165, 1.54) is 62.0 Å². The Labute approximate surface area is 177 Å². The quantitative estimate of drug-likeness (QED) is 0.537. The van der Waals surface area contributed by atoms with Crippen LogP contribution in [0.4, 0.5) is 11.8 Å². The van der Waals surface area contributed by atoms with E-state index in [4.69, 9.17) is 0 Å². The average Bonchev–Trinajstić information content (AvgIpc) is 3.10. The van der Waals surface area contributed by atoms with Gasteiger partial charge in [0.1, 0.15) is 5.82 Å². The van der Waals surface area contributed by atoms with Crippen molar-refractivity contribution in [3.63, 3.8) is 0 Å². The third-order valence-corrected chi connectivity index (χ3v) is 6.48. The standard InChI is InChI=1S/C24H39N5/c1-6-21(27-24-26-18(4)14-23(25-5)28-24)15-20(17(2)3)11-10-19-12-13-29(16-19)22-8-7-9-22/h14-15,19,22H,6-13,16H2,1-5H3,(H2,25,26,27,28)/b21-15+. The van der Waals surface area contributed by atoms with Crippen molar-refractivity contribution in [2.24, 2.45) is 5.92 Å². The van der Waals surface area contributed by atoms with E-state index in [0.29, 0.717) is 5.95 Å². The summed E-state index contributed by atoms with van der Waals surface area (Å²) in [6.45, 7) is 11.3. The number of likely N-dealkylation sites (tertiary alicyclic amines) is 1. The first-order valence-corrected chi connectivity index (χ1v) is 11.4. The number of rotatable bonds is 9. The van der Waals surface area contributed by atoms with Gasteiger partial charge in [0.2, 0.25) is 5.95 Å². The lowest BCUT2D eigenvalue weighted by Crippen LogP contribution is -2.38. The maximum Gasteiger partial charge on any atom is 0.229 e. The lowest BCUT2D eigenvalue weighted by Gasteiger charge is -2.34. The minimum Gasteiger partial charge on any atom is -0.373 e. The predicted molar refractivity (Wildman–Crippen MR) is 123 cm³/mol. The highest BCUT2D eigenvalue weighted by Crippen LogP contribution is 2.32. The van der Waals surface area contributed by atoms with Crippen LogP contribution < -0.4 is 10.6 Å². The van der Waals surface area contributed by atoms with E-state index in [1.54, 1.807) is 0 Å². The van der Waals surface area contributed by atoms with E-state index >= 15 is 0 Å². The first-order valence-electron chi connectivity index (χ1n) is 11.4. The van der Waals surface area contributed by atoms with E-state index in [2.05, 4.69) is 52.3 Å². The topological polar surface area (TPSA) is 53.1 Å². The molecule has 0 spiro atoms. The van der Waals surface area contributed by atoms with E-state index < -0.39 is 0 Å². The van der Waals surface area contributed by atoms with E-state index in [-0.39, 0.29) is 0 Å². The van der Waals surface area contributed by atoms with Crippen molar-refractivity contribution in [3.05, 3.63) is 34.7 Å². The third kappa shape index (κ3) is 6.05. The van der Waals surface area contributed by atoms with Gasteiger partial charge in [0.05, 0.1) is 0 Å². The Morgan fingerprint density at radius 1 is 1.24 bits per heavy atom. The summed E-state index contributed by atoms with van der Waals surface area (Å²) >= 11 is 0. The fourth-order valence-corrected chi connectivity index (χ4v) is 4.34. The first-order chi connectivity index (χ1) is 14.0. The molecule has 1 saturated heterocycles. The minimum absolute atomic E-state index is 0.669. The Balaban J connectivity index is 1.61. The monoisotopic (exact) mass is 397 g/mol. The normalized spacial score (nSPS) is 20.4. The largest absolute Gasteiger partial charge is 0.373 e. The summed E-state index contributed by atoms with van der Waals surface area (Å²) in [5.41, 5.74) is 5.00. The molecular formula is C24H39N5. The van der Waals surface area contributed by atoms with Crippen molar-refractivity contribution in [3.8, 4) is 0 Å². The molecule has 1 unspecified atom stereocenters. The van der Waals surface area contributed by atoms with Crippen molar-refractivity contribution in [2.45, 2.75) is 78.7 Å². The zero-order valence-corrected chi connectivity index (χ0v) is 19.0. The Bertz CT molecular complexity index is 744. The minimum atomic E-state index is 0.669. The fraction of sp³-hybridized carbons (Fsp3) is 0.667. The SMILES string of the molecule is CC/C(=C\C(CCC1CCN(C2CCC2)C1)=C(C)C)Nc1nc(C)cc(NC)n1. The molecule has 0 aromatic carbocycles. The molecule has 0 bridgehead atoms. The number of allylic oxidation sites excluding steroid dienone is 4. The van der Waals surface area contributed by atoms with Crippen LogP contribution in [-0.4, -0.2) is 41.0 Å². The van der Waals surface area contributed by atoms with Crippen LogP contribution >= 0.6 is 0 Å². The number of nitrogens with one attached hydrogen (secondary N) is 2.